The quantitative estimate of drug-likeness (QED) is 0.724. The number of benzene rings is 1. The fourth-order valence-electron chi connectivity index (χ4n) is 6.26. The average Bonchev–Trinajstić information content (AvgIpc) is 3.19. The van der Waals surface area contributed by atoms with E-state index in [1.807, 2.05) is 25.1 Å². The number of carbonyl (C=O) groups excluding carboxylic acids is 2. The van der Waals surface area contributed by atoms with Crippen LogP contribution in [0.4, 0.5) is 0 Å². The zero-order chi connectivity index (χ0) is 20.7. The number of rotatable bonds is 5. The lowest BCUT2D eigenvalue weighted by Gasteiger charge is -2.56. The van der Waals surface area contributed by atoms with Gasteiger partial charge in [0, 0.05) is 17.2 Å². The van der Waals surface area contributed by atoms with Crippen molar-refractivity contribution >= 4 is 17.9 Å². The number of furan rings is 1. The fourth-order valence-corrected chi connectivity index (χ4v) is 6.26. The highest BCUT2D eigenvalue weighted by Gasteiger charge is 2.51. The molecular formula is C25H28N2O3. The van der Waals surface area contributed by atoms with Crippen molar-refractivity contribution in [2.24, 2.45) is 17.8 Å². The minimum Gasteiger partial charge on any atom is -0.465 e. The standard InChI is InChI=1S/C25H28N2O3/c1-16-5-2-3-7-21(16)23(28)26-22(12-20-6-4-8-30-20)24(29)27-25-13-17-9-18(14-25)11-19(10-17)15-25/h2-8,12,17-19H,9-11,13-15H2,1H3,(H,26,28)(H,27,29)/b22-12-. The number of hydrogen-bond acceptors (Lipinski definition) is 3. The van der Waals surface area contributed by atoms with Crippen molar-refractivity contribution in [3.05, 3.63) is 65.2 Å². The Bertz CT molecular complexity index is 954. The summed E-state index contributed by atoms with van der Waals surface area (Å²) in [6.07, 6.45) is 10.3. The molecule has 1 heterocycles. The Hall–Kier alpha value is -2.82. The Kier molecular flexibility index (Phi) is 4.76. The topological polar surface area (TPSA) is 71.3 Å². The van der Waals surface area contributed by atoms with E-state index in [-0.39, 0.29) is 23.1 Å². The lowest BCUT2D eigenvalue weighted by Crippen LogP contribution is -2.60. The smallest absolute Gasteiger partial charge is 0.268 e. The number of amides is 2. The first-order valence-electron chi connectivity index (χ1n) is 10.9. The second-order valence-corrected chi connectivity index (χ2v) is 9.49. The van der Waals surface area contributed by atoms with Crippen molar-refractivity contribution in [2.45, 2.75) is 51.0 Å². The van der Waals surface area contributed by atoms with Crippen LogP contribution in [0, 0.1) is 24.7 Å². The first kappa shape index (κ1) is 19.2. The summed E-state index contributed by atoms with van der Waals surface area (Å²) < 4.78 is 5.41. The van der Waals surface area contributed by atoms with E-state index in [2.05, 4.69) is 10.6 Å². The molecule has 4 aliphatic rings. The van der Waals surface area contributed by atoms with Gasteiger partial charge in [-0.2, -0.15) is 0 Å². The average molecular weight is 405 g/mol. The van der Waals surface area contributed by atoms with Gasteiger partial charge in [0.15, 0.2) is 0 Å². The fraction of sp³-hybridized carbons (Fsp3) is 0.440. The van der Waals surface area contributed by atoms with Gasteiger partial charge in [0.05, 0.1) is 6.26 Å². The van der Waals surface area contributed by atoms with Gasteiger partial charge in [-0.15, -0.1) is 0 Å². The Labute approximate surface area is 176 Å². The molecule has 0 aliphatic heterocycles. The predicted molar refractivity (Wildman–Crippen MR) is 114 cm³/mol. The molecule has 1 aromatic heterocycles. The second-order valence-electron chi connectivity index (χ2n) is 9.49. The summed E-state index contributed by atoms with van der Waals surface area (Å²) in [6, 6.07) is 10.9. The number of aryl methyl sites for hydroxylation is 1. The van der Waals surface area contributed by atoms with Gasteiger partial charge >= 0.3 is 0 Å². The van der Waals surface area contributed by atoms with Crippen molar-refractivity contribution < 1.29 is 14.0 Å². The third-order valence-electron chi connectivity index (χ3n) is 7.13. The zero-order valence-electron chi connectivity index (χ0n) is 17.3. The molecule has 4 saturated carbocycles. The van der Waals surface area contributed by atoms with Gasteiger partial charge in [0.25, 0.3) is 11.8 Å². The van der Waals surface area contributed by atoms with E-state index in [0.29, 0.717) is 11.3 Å². The van der Waals surface area contributed by atoms with E-state index in [4.69, 9.17) is 4.42 Å². The highest BCUT2D eigenvalue weighted by atomic mass is 16.3. The van der Waals surface area contributed by atoms with Gasteiger partial charge in [-0.1, -0.05) is 18.2 Å². The predicted octanol–water partition coefficient (Wildman–Crippen LogP) is 4.44. The van der Waals surface area contributed by atoms with Gasteiger partial charge in [0.2, 0.25) is 0 Å². The van der Waals surface area contributed by atoms with Gasteiger partial charge in [0.1, 0.15) is 11.5 Å². The summed E-state index contributed by atoms with van der Waals surface area (Å²) in [6.45, 7) is 1.89. The molecule has 1 aromatic carbocycles. The normalized spacial score (nSPS) is 29.6. The monoisotopic (exact) mass is 404 g/mol. The molecule has 4 aliphatic carbocycles. The molecule has 4 bridgehead atoms. The van der Waals surface area contributed by atoms with Crippen LogP contribution < -0.4 is 10.6 Å². The minimum atomic E-state index is -0.286. The van der Waals surface area contributed by atoms with Crippen LogP contribution in [0.1, 0.15) is 60.2 Å². The maximum Gasteiger partial charge on any atom is 0.268 e. The van der Waals surface area contributed by atoms with Crippen molar-refractivity contribution in [3.8, 4) is 0 Å². The van der Waals surface area contributed by atoms with Crippen molar-refractivity contribution in [1.82, 2.24) is 10.6 Å². The molecule has 2 N–H and O–H groups in total. The van der Waals surface area contributed by atoms with E-state index in [9.17, 15) is 9.59 Å². The lowest BCUT2D eigenvalue weighted by atomic mass is 9.53. The Morgan fingerprint density at radius 3 is 2.27 bits per heavy atom. The van der Waals surface area contributed by atoms with Crippen molar-refractivity contribution in [1.29, 1.82) is 0 Å². The van der Waals surface area contributed by atoms with E-state index in [0.717, 1.165) is 42.6 Å². The van der Waals surface area contributed by atoms with Crippen LogP contribution >= 0.6 is 0 Å². The van der Waals surface area contributed by atoms with E-state index < -0.39 is 0 Å². The Balaban J connectivity index is 1.39. The first-order valence-corrected chi connectivity index (χ1v) is 10.9. The van der Waals surface area contributed by atoms with Crippen LogP contribution in [0.2, 0.25) is 0 Å². The molecule has 0 radical (unpaired) electrons. The van der Waals surface area contributed by atoms with Gasteiger partial charge in [-0.25, -0.2) is 0 Å². The van der Waals surface area contributed by atoms with Crippen molar-refractivity contribution in [2.75, 3.05) is 0 Å². The summed E-state index contributed by atoms with van der Waals surface area (Å²) >= 11 is 0. The van der Waals surface area contributed by atoms with Crippen LogP contribution in [0.3, 0.4) is 0 Å². The molecule has 6 rings (SSSR count). The summed E-state index contributed by atoms with van der Waals surface area (Å²) in [5.41, 5.74) is 1.54. The van der Waals surface area contributed by atoms with Gasteiger partial charge in [-0.3, -0.25) is 9.59 Å². The van der Waals surface area contributed by atoms with E-state index in [1.54, 1.807) is 30.5 Å². The number of nitrogens with one attached hydrogen (secondary N) is 2. The molecule has 0 spiro atoms. The Morgan fingerprint density at radius 2 is 1.67 bits per heavy atom. The summed E-state index contributed by atoms with van der Waals surface area (Å²) in [5, 5.41) is 6.19. The molecule has 0 unspecified atom stereocenters. The van der Waals surface area contributed by atoms with Gasteiger partial charge in [-0.05, 0) is 87.0 Å². The largest absolute Gasteiger partial charge is 0.465 e. The SMILES string of the molecule is Cc1ccccc1C(=O)N/C(=C\c1ccco1)C(=O)NC12CC3CC(CC(C3)C1)C2. The molecule has 156 valence electrons. The highest BCUT2D eigenvalue weighted by molar-refractivity contribution is 6.05. The van der Waals surface area contributed by atoms with Crippen LogP contribution in [0.25, 0.3) is 6.08 Å². The maximum atomic E-state index is 13.4. The Morgan fingerprint density at radius 1 is 1.00 bits per heavy atom. The highest BCUT2D eigenvalue weighted by Crippen LogP contribution is 2.55. The van der Waals surface area contributed by atoms with Crippen molar-refractivity contribution in [3.63, 3.8) is 0 Å². The second kappa shape index (κ2) is 7.46. The number of hydrogen-bond donors (Lipinski definition) is 2. The number of carbonyl (C=O) groups is 2. The molecular weight excluding hydrogens is 376 g/mol. The molecule has 4 fully saturated rings. The van der Waals surface area contributed by atoms with E-state index in [1.165, 1.54) is 19.3 Å². The van der Waals surface area contributed by atoms with E-state index >= 15 is 0 Å². The molecule has 5 heteroatoms. The molecule has 0 atom stereocenters. The summed E-state index contributed by atoms with van der Waals surface area (Å²) in [4.78, 5) is 26.3. The molecule has 30 heavy (non-hydrogen) atoms. The van der Waals surface area contributed by atoms with Crippen LogP contribution in [0.15, 0.2) is 52.8 Å². The maximum absolute atomic E-state index is 13.4. The minimum absolute atomic E-state index is 0.124. The zero-order valence-corrected chi connectivity index (χ0v) is 17.3. The van der Waals surface area contributed by atoms with Crippen LogP contribution in [0.5, 0.6) is 0 Å². The molecule has 5 nitrogen and oxygen atoms in total. The molecule has 2 aromatic rings. The summed E-state index contributed by atoms with van der Waals surface area (Å²) in [5.74, 6) is 2.22. The van der Waals surface area contributed by atoms with Crippen LogP contribution in [-0.2, 0) is 4.79 Å². The third-order valence-corrected chi connectivity index (χ3v) is 7.13. The first-order chi connectivity index (χ1) is 14.5. The van der Waals surface area contributed by atoms with Gasteiger partial charge < -0.3 is 15.1 Å². The van der Waals surface area contributed by atoms with Crippen LogP contribution in [-0.4, -0.2) is 17.4 Å². The third kappa shape index (κ3) is 3.69. The lowest BCUT2D eigenvalue weighted by molar-refractivity contribution is -0.123. The molecule has 0 saturated heterocycles. The summed E-state index contributed by atoms with van der Waals surface area (Å²) in [7, 11) is 0. The molecule has 2 amide bonds.